The smallest absolute Gasteiger partial charge is 0.313 e. The van der Waals surface area contributed by atoms with Crippen molar-refractivity contribution >= 4 is 5.97 Å². The second kappa shape index (κ2) is 5.12. The van der Waals surface area contributed by atoms with Gasteiger partial charge in [-0.15, -0.1) is 0 Å². The molecule has 2 atom stereocenters. The summed E-state index contributed by atoms with van der Waals surface area (Å²) in [6.45, 7) is 0.682. The van der Waals surface area contributed by atoms with E-state index in [2.05, 4.69) is 0 Å². The van der Waals surface area contributed by atoms with Crippen molar-refractivity contribution in [3.8, 4) is 0 Å². The summed E-state index contributed by atoms with van der Waals surface area (Å²) in [6.07, 6.45) is 2.76. The Kier molecular flexibility index (Phi) is 3.57. The van der Waals surface area contributed by atoms with Crippen LogP contribution in [0.25, 0.3) is 0 Å². The molecule has 1 aromatic carbocycles. The zero-order chi connectivity index (χ0) is 11.4. The van der Waals surface area contributed by atoms with Crippen LogP contribution in [-0.4, -0.2) is 23.8 Å². The van der Waals surface area contributed by atoms with Gasteiger partial charge >= 0.3 is 5.97 Å². The number of hydrogen-bond donors (Lipinski definition) is 1. The summed E-state index contributed by atoms with van der Waals surface area (Å²) in [5.41, 5.74) is 0.835. The van der Waals surface area contributed by atoms with Crippen LogP contribution < -0.4 is 0 Å². The van der Waals surface area contributed by atoms with Gasteiger partial charge < -0.3 is 9.84 Å². The maximum Gasteiger partial charge on any atom is 0.313 e. The van der Waals surface area contributed by atoms with E-state index in [9.17, 15) is 9.90 Å². The van der Waals surface area contributed by atoms with Crippen LogP contribution in [-0.2, 0) is 9.53 Å². The van der Waals surface area contributed by atoms with Gasteiger partial charge in [0.2, 0.25) is 0 Å². The number of carboxylic acids is 1. The fourth-order valence-corrected chi connectivity index (χ4v) is 2.21. The van der Waals surface area contributed by atoms with Crippen molar-refractivity contribution in [1.29, 1.82) is 0 Å². The van der Waals surface area contributed by atoms with E-state index in [-0.39, 0.29) is 6.10 Å². The highest BCUT2D eigenvalue weighted by Crippen LogP contribution is 2.28. The summed E-state index contributed by atoms with van der Waals surface area (Å²) < 4.78 is 5.57. The van der Waals surface area contributed by atoms with E-state index in [4.69, 9.17) is 4.74 Å². The molecule has 3 nitrogen and oxygen atoms in total. The first kappa shape index (κ1) is 11.1. The molecule has 2 unspecified atom stereocenters. The zero-order valence-corrected chi connectivity index (χ0v) is 9.13. The molecule has 3 heteroatoms. The van der Waals surface area contributed by atoms with E-state index >= 15 is 0 Å². The molecule has 1 N–H and O–H groups in total. The van der Waals surface area contributed by atoms with Crippen molar-refractivity contribution in [3.05, 3.63) is 35.9 Å². The van der Waals surface area contributed by atoms with Gasteiger partial charge in [0.25, 0.3) is 0 Å². The highest BCUT2D eigenvalue weighted by molar-refractivity contribution is 5.76. The summed E-state index contributed by atoms with van der Waals surface area (Å²) >= 11 is 0. The van der Waals surface area contributed by atoms with Gasteiger partial charge in [0.1, 0.15) is 5.92 Å². The van der Waals surface area contributed by atoms with Crippen LogP contribution in [0.4, 0.5) is 0 Å². The van der Waals surface area contributed by atoms with Crippen molar-refractivity contribution in [2.45, 2.75) is 31.3 Å². The Hall–Kier alpha value is -1.35. The fourth-order valence-electron chi connectivity index (χ4n) is 2.21. The Morgan fingerprint density at radius 2 is 2.06 bits per heavy atom. The van der Waals surface area contributed by atoms with Crippen molar-refractivity contribution in [2.24, 2.45) is 0 Å². The van der Waals surface area contributed by atoms with E-state index in [1.54, 1.807) is 0 Å². The Balaban J connectivity index is 2.20. The van der Waals surface area contributed by atoms with Crippen LogP contribution in [0, 0.1) is 0 Å². The Morgan fingerprint density at radius 1 is 1.31 bits per heavy atom. The number of rotatable bonds is 3. The molecule has 86 valence electrons. The van der Waals surface area contributed by atoms with Gasteiger partial charge in [-0.25, -0.2) is 0 Å². The molecule has 1 aliphatic rings. The summed E-state index contributed by atoms with van der Waals surface area (Å²) in [7, 11) is 0. The lowest BCUT2D eigenvalue weighted by Gasteiger charge is -2.28. The normalized spacial score (nSPS) is 22.6. The van der Waals surface area contributed by atoms with E-state index < -0.39 is 11.9 Å². The molecule has 0 spiro atoms. The van der Waals surface area contributed by atoms with Gasteiger partial charge in [0.15, 0.2) is 0 Å². The molecule has 0 radical (unpaired) electrons. The Morgan fingerprint density at radius 3 is 2.62 bits per heavy atom. The molecule has 0 amide bonds. The molecule has 0 aromatic heterocycles. The Bertz CT molecular complexity index is 341. The lowest BCUT2D eigenvalue weighted by molar-refractivity contribution is -0.144. The first-order valence-electron chi connectivity index (χ1n) is 5.68. The third kappa shape index (κ3) is 2.42. The third-order valence-electron chi connectivity index (χ3n) is 3.01. The molecule has 0 saturated carbocycles. The van der Waals surface area contributed by atoms with Gasteiger partial charge in [-0.2, -0.15) is 0 Å². The lowest BCUT2D eigenvalue weighted by atomic mass is 9.89. The average molecular weight is 220 g/mol. The standard InChI is InChI=1S/C13H16O3/c14-13(15)12(10-6-2-1-3-7-10)11-8-4-5-9-16-11/h1-3,6-7,11-12H,4-5,8-9H2,(H,14,15). The quantitative estimate of drug-likeness (QED) is 0.851. The van der Waals surface area contributed by atoms with Gasteiger partial charge in [0, 0.05) is 6.61 Å². The molecule has 0 aliphatic carbocycles. The van der Waals surface area contributed by atoms with Gasteiger partial charge in [-0.1, -0.05) is 30.3 Å². The maximum atomic E-state index is 11.3. The molecule has 1 saturated heterocycles. The summed E-state index contributed by atoms with van der Waals surface area (Å²) in [5.74, 6) is -1.32. The molecule has 1 aliphatic heterocycles. The van der Waals surface area contributed by atoms with Crippen LogP contribution in [0.1, 0.15) is 30.7 Å². The predicted molar refractivity (Wildman–Crippen MR) is 60.4 cm³/mol. The maximum absolute atomic E-state index is 11.3. The van der Waals surface area contributed by atoms with Crippen molar-refractivity contribution in [2.75, 3.05) is 6.61 Å². The molecule has 1 fully saturated rings. The highest BCUT2D eigenvalue weighted by atomic mass is 16.5. The molecule has 0 bridgehead atoms. The zero-order valence-electron chi connectivity index (χ0n) is 9.13. The summed E-state index contributed by atoms with van der Waals surface area (Å²) in [5, 5.41) is 9.30. The van der Waals surface area contributed by atoms with Crippen LogP contribution in [0.15, 0.2) is 30.3 Å². The van der Waals surface area contributed by atoms with Gasteiger partial charge in [-0.3, -0.25) is 4.79 Å². The molecular formula is C13H16O3. The van der Waals surface area contributed by atoms with Crippen LogP contribution in [0.2, 0.25) is 0 Å². The Labute approximate surface area is 95.0 Å². The van der Waals surface area contributed by atoms with Crippen LogP contribution >= 0.6 is 0 Å². The molecule has 2 rings (SSSR count). The van der Waals surface area contributed by atoms with E-state index in [1.165, 1.54) is 0 Å². The van der Waals surface area contributed by atoms with Crippen molar-refractivity contribution < 1.29 is 14.6 Å². The minimum Gasteiger partial charge on any atom is -0.481 e. The minimum absolute atomic E-state index is 0.173. The van der Waals surface area contributed by atoms with E-state index in [0.29, 0.717) is 6.61 Å². The number of hydrogen-bond acceptors (Lipinski definition) is 2. The van der Waals surface area contributed by atoms with Crippen LogP contribution in [0.5, 0.6) is 0 Å². The molecule has 16 heavy (non-hydrogen) atoms. The second-order valence-corrected chi connectivity index (χ2v) is 4.13. The number of ether oxygens (including phenoxy) is 1. The largest absolute Gasteiger partial charge is 0.481 e. The fraction of sp³-hybridized carbons (Fsp3) is 0.462. The number of benzene rings is 1. The number of carboxylic acid groups (broad SMARTS) is 1. The third-order valence-corrected chi connectivity index (χ3v) is 3.01. The topological polar surface area (TPSA) is 46.5 Å². The first-order chi connectivity index (χ1) is 7.79. The molecular weight excluding hydrogens is 204 g/mol. The number of carbonyl (C=O) groups is 1. The monoisotopic (exact) mass is 220 g/mol. The van der Waals surface area contributed by atoms with Crippen LogP contribution in [0.3, 0.4) is 0 Å². The van der Waals surface area contributed by atoms with Gasteiger partial charge in [-0.05, 0) is 24.8 Å². The molecule has 1 heterocycles. The minimum atomic E-state index is -0.793. The number of aliphatic carboxylic acids is 1. The van der Waals surface area contributed by atoms with Gasteiger partial charge in [0.05, 0.1) is 6.10 Å². The lowest BCUT2D eigenvalue weighted by Crippen LogP contribution is -2.31. The average Bonchev–Trinajstić information content (AvgIpc) is 2.31. The summed E-state index contributed by atoms with van der Waals surface area (Å²) in [6, 6.07) is 9.35. The second-order valence-electron chi connectivity index (χ2n) is 4.13. The van der Waals surface area contributed by atoms with Crippen molar-refractivity contribution in [3.63, 3.8) is 0 Å². The van der Waals surface area contributed by atoms with E-state index in [1.807, 2.05) is 30.3 Å². The summed E-state index contributed by atoms with van der Waals surface area (Å²) in [4.78, 5) is 11.3. The van der Waals surface area contributed by atoms with Crippen molar-refractivity contribution in [1.82, 2.24) is 0 Å². The SMILES string of the molecule is O=C(O)C(c1ccccc1)C1CCCCO1. The molecule has 1 aromatic rings. The first-order valence-corrected chi connectivity index (χ1v) is 5.68. The van der Waals surface area contributed by atoms with E-state index in [0.717, 1.165) is 24.8 Å². The predicted octanol–water partition coefficient (Wildman–Crippen LogP) is 2.42. The highest BCUT2D eigenvalue weighted by Gasteiger charge is 2.31.